The number of hydrogen-bond donors (Lipinski definition) is 2. The van der Waals surface area contributed by atoms with E-state index in [0.29, 0.717) is 5.76 Å². The van der Waals surface area contributed by atoms with Crippen LogP contribution >= 0.6 is 11.3 Å². The summed E-state index contributed by atoms with van der Waals surface area (Å²) >= 11 is 1.43. The Morgan fingerprint density at radius 3 is 2.13 bits per heavy atom. The standard InChI is InChI=1S/C25H23NO3S/c27-24(17-21(19-9-3-1-4-10-19)20-11-5-2-6-12-20)26-18-25(28,22-13-7-15-29-22)23-14-8-16-30-23/h1-16,21,28H,17-18H2,(H,26,27). The summed E-state index contributed by atoms with van der Waals surface area (Å²) in [6.07, 6.45) is 1.81. The third-order valence-electron chi connectivity index (χ3n) is 5.19. The summed E-state index contributed by atoms with van der Waals surface area (Å²) < 4.78 is 5.48. The van der Waals surface area contributed by atoms with Gasteiger partial charge in [0.15, 0.2) is 5.60 Å². The minimum Gasteiger partial charge on any atom is -0.466 e. The van der Waals surface area contributed by atoms with Crippen LogP contribution in [-0.4, -0.2) is 17.6 Å². The lowest BCUT2D eigenvalue weighted by Gasteiger charge is -2.26. The summed E-state index contributed by atoms with van der Waals surface area (Å²) in [7, 11) is 0. The van der Waals surface area contributed by atoms with Gasteiger partial charge in [0.1, 0.15) is 5.76 Å². The van der Waals surface area contributed by atoms with Gasteiger partial charge in [0.25, 0.3) is 0 Å². The van der Waals surface area contributed by atoms with Crippen LogP contribution in [0.2, 0.25) is 0 Å². The van der Waals surface area contributed by atoms with Gasteiger partial charge in [0.05, 0.1) is 12.8 Å². The van der Waals surface area contributed by atoms with Crippen LogP contribution in [0.15, 0.2) is 101 Å². The molecule has 0 bridgehead atoms. The second-order valence-corrected chi connectivity index (χ2v) is 8.12. The number of rotatable bonds is 8. The molecular formula is C25H23NO3S. The quantitative estimate of drug-likeness (QED) is 0.428. The monoisotopic (exact) mass is 417 g/mol. The first-order chi connectivity index (χ1) is 14.7. The number of carbonyl (C=O) groups is 1. The van der Waals surface area contributed by atoms with E-state index in [4.69, 9.17) is 4.42 Å². The highest BCUT2D eigenvalue weighted by atomic mass is 32.1. The lowest BCUT2D eigenvalue weighted by molar-refractivity contribution is -0.122. The van der Waals surface area contributed by atoms with Gasteiger partial charge in [0.2, 0.25) is 5.91 Å². The lowest BCUT2D eigenvalue weighted by atomic mass is 9.88. The molecule has 0 aliphatic heterocycles. The Morgan fingerprint density at radius 2 is 1.60 bits per heavy atom. The molecule has 5 heteroatoms. The van der Waals surface area contributed by atoms with Crippen molar-refractivity contribution >= 4 is 17.2 Å². The maximum Gasteiger partial charge on any atom is 0.221 e. The fourth-order valence-corrected chi connectivity index (χ4v) is 4.43. The highest BCUT2D eigenvalue weighted by Crippen LogP contribution is 2.33. The van der Waals surface area contributed by atoms with E-state index in [1.54, 1.807) is 12.1 Å². The molecule has 152 valence electrons. The highest BCUT2D eigenvalue weighted by molar-refractivity contribution is 7.10. The summed E-state index contributed by atoms with van der Waals surface area (Å²) in [5.41, 5.74) is 0.763. The Bertz CT molecular complexity index is 971. The van der Waals surface area contributed by atoms with Crippen LogP contribution < -0.4 is 5.32 Å². The van der Waals surface area contributed by atoms with Crippen molar-refractivity contribution in [3.8, 4) is 0 Å². The Hall–Kier alpha value is -3.15. The van der Waals surface area contributed by atoms with Crippen molar-refractivity contribution in [2.45, 2.75) is 17.9 Å². The van der Waals surface area contributed by atoms with Gasteiger partial charge in [-0.25, -0.2) is 0 Å². The number of thiophene rings is 1. The Kier molecular flexibility index (Phi) is 6.12. The second-order valence-electron chi connectivity index (χ2n) is 7.17. The van der Waals surface area contributed by atoms with E-state index >= 15 is 0 Å². The minimum atomic E-state index is -1.40. The molecule has 4 rings (SSSR count). The van der Waals surface area contributed by atoms with Gasteiger partial charge in [-0.15, -0.1) is 11.3 Å². The molecule has 0 saturated carbocycles. The summed E-state index contributed by atoms with van der Waals surface area (Å²) in [5, 5.41) is 16.2. The molecule has 1 unspecified atom stereocenters. The molecule has 2 heterocycles. The van der Waals surface area contributed by atoms with Crippen molar-refractivity contribution in [2.75, 3.05) is 6.54 Å². The normalized spacial score (nSPS) is 13.1. The van der Waals surface area contributed by atoms with Crippen LogP contribution in [0.25, 0.3) is 0 Å². The number of furan rings is 1. The molecule has 30 heavy (non-hydrogen) atoms. The third kappa shape index (κ3) is 4.37. The van der Waals surface area contributed by atoms with Crippen molar-refractivity contribution < 1.29 is 14.3 Å². The smallest absolute Gasteiger partial charge is 0.221 e. The average molecular weight is 418 g/mol. The third-order valence-corrected chi connectivity index (χ3v) is 6.21. The maximum atomic E-state index is 12.9. The van der Waals surface area contributed by atoms with Gasteiger partial charge in [0, 0.05) is 17.2 Å². The van der Waals surface area contributed by atoms with Crippen molar-refractivity contribution in [2.24, 2.45) is 0 Å². The van der Waals surface area contributed by atoms with E-state index in [2.05, 4.69) is 5.32 Å². The summed E-state index contributed by atoms with van der Waals surface area (Å²) in [6, 6.07) is 27.2. The number of hydrogen-bond acceptors (Lipinski definition) is 4. The molecule has 0 radical (unpaired) electrons. The van der Waals surface area contributed by atoms with E-state index in [9.17, 15) is 9.90 Å². The van der Waals surface area contributed by atoms with Crippen molar-refractivity contribution in [3.63, 3.8) is 0 Å². The number of aliphatic hydroxyl groups is 1. The van der Waals surface area contributed by atoms with Crippen LogP contribution in [0.5, 0.6) is 0 Å². The number of nitrogens with one attached hydrogen (secondary N) is 1. The molecule has 4 aromatic rings. The summed E-state index contributed by atoms with van der Waals surface area (Å²) in [4.78, 5) is 13.7. The highest BCUT2D eigenvalue weighted by Gasteiger charge is 2.36. The zero-order valence-corrected chi connectivity index (χ0v) is 17.2. The Balaban J connectivity index is 1.52. The molecule has 0 aliphatic carbocycles. The number of carbonyl (C=O) groups excluding carboxylic acids is 1. The summed E-state index contributed by atoms with van der Waals surface area (Å²) in [6.45, 7) is 0.0379. The van der Waals surface area contributed by atoms with E-state index in [1.165, 1.54) is 17.6 Å². The number of benzene rings is 2. The Labute approximate surface area is 179 Å². The lowest BCUT2D eigenvalue weighted by Crippen LogP contribution is -2.41. The van der Waals surface area contributed by atoms with Gasteiger partial charge in [-0.1, -0.05) is 66.7 Å². The molecule has 2 N–H and O–H groups in total. The molecular weight excluding hydrogens is 394 g/mol. The average Bonchev–Trinajstić information content (AvgIpc) is 3.52. The first-order valence-electron chi connectivity index (χ1n) is 9.84. The van der Waals surface area contributed by atoms with Gasteiger partial charge < -0.3 is 14.8 Å². The molecule has 2 aromatic carbocycles. The Morgan fingerprint density at radius 1 is 0.933 bits per heavy atom. The second kappa shape index (κ2) is 9.11. The zero-order chi connectivity index (χ0) is 20.8. The van der Waals surface area contributed by atoms with E-state index in [-0.39, 0.29) is 24.8 Å². The van der Waals surface area contributed by atoms with Gasteiger partial charge in [-0.05, 0) is 34.7 Å². The first kappa shape index (κ1) is 20.1. The van der Waals surface area contributed by atoms with Gasteiger partial charge >= 0.3 is 0 Å². The molecule has 1 amide bonds. The van der Waals surface area contributed by atoms with Crippen LogP contribution in [-0.2, 0) is 10.4 Å². The molecule has 4 nitrogen and oxygen atoms in total. The molecule has 0 saturated heterocycles. The van der Waals surface area contributed by atoms with Crippen LogP contribution in [0.4, 0.5) is 0 Å². The van der Waals surface area contributed by atoms with Crippen LogP contribution in [0, 0.1) is 0 Å². The molecule has 0 fully saturated rings. The molecule has 2 aromatic heterocycles. The zero-order valence-electron chi connectivity index (χ0n) is 16.4. The van der Waals surface area contributed by atoms with E-state index in [0.717, 1.165) is 16.0 Å². The van der Waals surface area contributed by atoms with Crippen molar-refractivity contribution in [1.82, 2.24) is 5.32 Å². The molecule has 0 aliphatic rings. The minimum absolute atomic E-state index is 0.0379. The van der Waals surface area contributed by atoms with E-state index < -0.39 is 5.60 Å². The van der Waals surface area contributed by atoms with Crippen molar-refractivity contribution in [3.05, 3.63) is 118 Å². The largest absolute Gasteiger partial charge is 0.466 e. The fourth-order valence-electron chi connectivity index (χ4n) is 3.61. The van der Waals surface area contributed by atoms with Crippen LogP contribution in [0.1, 0.15) is 34.1 Å². The van der Waals surface area contributed by atoms with Gasteiger partial charge in [-0.2, -0.15) is 0 Å². The predicted molar refractivity (Wildman–Crippen MR) is 118 cm³/mol. The SMILES string of the molecule is O=C(CC(c1ccccc1)c1ccccc1)NCC(O)(c1ccco1)c1cccs1. The van der Waals surface area contributed by atoms with E-state index in [1.807, 2.05) is 78.2 Å². The molecule has 1 atom stereocenters. The predicted octanol–water partition coefficient (Wildman–Crippen LogP) is 4.92. The van der Waals surface area contributed by atoms with Gasteiger partial charge in [-0.3, -0.25) is 4.79 Å². The summed E-state index contributed by atoms with van der Waals surface area (Å²) in [5.74, 6) is 0.216. The van der Waals surface area contributed by atoms with Crippen LogP contribution in [0.3, 0.4) is 0 Å². The fraction of sp³-hybridized carbons (Fsp3) is 0.160. The molecule has 0 spiro atoms. The first-order valence-corrected chi connectivity index (χ1v) is 10.7. The van der Waals surface area contributed by atoms with Crippen molar-refractivity contribution in [1.29, 1.82) is 0 Å². The number of amides is 1. The maximum absolute atomic E-state index is 12.9. The topological polar surface area (TPSA) is 62.5 Å².